The SMILES string of the molecule is C=CCN(Cc1ccccc1)C(=O)[C@@H]1[C@H]2C(=O)N([C@H](C)CO)C(C(=O)N(CC=C)C3CCCCC3)C23CC[C@@]1(C)O3. The van der Waals surface area contributed by atoms with Crippen LogP contribution in [0.3, 0.4) is 0 Å². The van der Waals surface area contributed by atoms with Crippen molar-refractivity contribution >= 4 is 17.7 Å². The Morgan fingerprint density at radius 3 is 2.41 bits per heavy atom. The second-order valence-electron chi connectivity index (χ2n) is 12.6. The fourth-order valence-electron chi connectivity index (χ4n) is 8.08. The zero-order chi connectivity index (χ0) is 29.4. The second-order valence-corrected chi connectivity index (χ2v) is 12.6. The van der Waals surface area contributed by atoms with Gasteiger partial charge in [0.15, 0.2) is 0 Å². The van der Waals surface area contributed by atoms with Gasteiger partial charge in [-0.2, -0.15) is 0 Å². The molecule has 8 heteroatoms. The first kappa shape index (κ1) is 29.5. The number of nitrogens with zero attached hydrogens (tertiary/aromatic N) is 3. The van der Waals surface area contributed by atoms with Gasteiger partial charge in [0, 0.05) is 25.7 Å². The van der Waals surface area contributed by atoms with E-state index in [0.29, 0.717) is 32.5 Å². The number of likely N-dealkylation sites (tertiary alicyclic amines) is 1. The summed E-state index contributed by atoms with van der Waals surface area (Å²) in [5.41, 5.74) is -0.997. The van der Waals surface area contributed by atoms with Crippen molar-refractivity contribution in [3.05, 3.63) is 61.2 Å². The lowest BCUT2D eigenvalue weighted by Crippen LogP contribution is -2.60. The van der Waals surface area contributed by atoms with Gasteiger partial charge >= 0.3 is 0 Å². The minimum absolute atomic E-state index is 0.0756. The topological polar surface area (TPSA) is 90.4 Å². The molecule has 4 fully saturated rings. The quantitative estimate of drug-likeness (QED) is 0.415. The summed E-state index contributed by atoms with van der Waals surface area (Å²) in [4.78, 5) is 48.6. The van der Waals surface area contributed by atoms with Gasteiger partial charge in [-0.3, -0.25) is 14.4 Å². The Balaban J connectivity index is 1.53. The van der Waals surface area contributed by atoms with Crippen LogP contribution >= 0.6 is 0 Å². The average molecular weight is 564 g/mol. The van der Waals surface area contributed by atoms with Crippen molar-refractivity contribution < 1.29 is 24.2 Å². The number of hydrogen-bond acceptors (Lipinski definition) is 5. The van der Waals surface area contributed by atoms with Crippen molar-refractivity contribution in [2.24, 2.45) is 11.8 Å². The molecule has 1 N–H and O–H groups in total. The van der Waals surface area contributed by atoms with Gasteiger partial charge in [-0.15, -0.1) is 13.2 Å². The van der Waals surface area contributed by atoms with Gasteiger partial charge in [0.25, 0.3) is 0 Å². The summed E-state index contributed by atoms with van der Waals surface area (Å²) in [6.07, 6.45) is 9.66. The van der Waals surface area contributed by atoms with Crippen LogP contribution in [0.2, 0.25) is 0 Å². The van der Waals surface area contributed by atoms with Crippen LogP contribution in [-0.4, -0.2) is 86.6 Å². The predicted octanol–water partition coefficient (Wildman–Crippen LogP) is 3.69. The molecule has 4 aliphatic rings. The molecule has 3 heterocycles. The predicted molar refractivity (Wildman–Crippen MR) is 156 cm³/mol. The van der Waals surface area contributed by atoms with Gasteiger partial charge in [-0.25, -0.2) is 0 Å². The molecule has 3 saturated heterocycles. The van der Waals surface area contributed by atoms with E-state index in [1.807, 2.05) is 42.2 Å². The number of aliphatic hydroxyl groups excluding tert-OH is 1. The van der Waals surface area contributed by atoms with Crippen LogP contribution < -0.4 is 0 Å². The Labute approximate surface area is 244 Å². The van der Waals surface area contributed by atoms with Crippen LogP contribution in [0.4, 0.5) is 0 Å². The number of carbonyl (C=O) groups excluding carboxylic acids is 3. The normalized spacial score (nSPS) is 31.5. The summed E-state index contributed by atoms with van der Waals surface area (Å²) in [5.74, 6) is -2.11. The summed E-state index contributed by atoms with van der Waals surface area (Å²) in [6, 6.07) is 8.36. The third kappa shape index (κ3) is 4.93. The van der Waals surface area contributed by atoms with Crippen molar-refractivity contribution in [1.29, 1.82) is 0 Å². The monoisotopic (exact) mass is 563 g/mol. The zero-order valence-corrected chi connectivity index (χ0v) is 24.5. The van der Waals surface area contributed by atoms with Gasteiger partial charge in [0.2, 0.25) is 17.7 Å². The molecule has 1 aliphatic carbocycles. The Kier molecular flexibility index (Phi) is 8.44. The van der Waals surface area contributed by atoms with Crippen LogP contribution in [-0.2, 0) is 25.7 Å². The highest BCUT2D eigenvalue weighted by molar-refractivity contribution is 5.99. The first-order valence-corrected chi connectivity index (χ1v) is 15.2. The number of amides is 3. The minimum Gasteiger partial charge on any atom is -0.394 e. The number of carbonyl (C=O) groups is 3. The number of ether oxygens (including phenoxy) is 1. The fraction of sp³-hybridized carbons (Fsp3) is 0.606. The van der Waals surface area contributed by atoms with E-state index >= 15 is 0 Å². The maximum absolute atomic E-state index is 14.6. The van der Waals surface area contributed by atoms with E-state index < -0.39 is 35.1 Å². The Morgan fingerprint density at radius 2 is 1.78 bits per heavy atom. The van der Waals surface area contributed by atoms with E-state index in [2.05, 4.69) is 13.2 Å². The smallest absolute Gasteiger partial charge is 0.248 e. The van der Waals surface area contributed by atoms with Crippen molar-refractivity contribution in [1.82, 2.24) is 14.7 Å². The Morgan fingerprint density at radius 1 is 1.10 bits per heavy atom. The van der Waals surface area contributed by atoms with E-state index in [-0.39, 0.29) is 30.4 Å². The Hall–Kier alpha value is -2.97. The van der Waals surface area contributed by atoms with Crippen molar-refractivity contribution in [3.63, 3.8) is 0 Å². The van der Waals surface area contributed by atoms with Gasteiger partial charge in [0.1, 0.15) is 11.6 Å². The molecule has 1 aromatic carbocycles. The third-order valence-corrected chi connectivity index (χ3v) is 9.96. The number of aliphatic hydroxyl groups is 1. The molecule has 222 valence electrons. The fourth-order valence-corrected chi connectivity index (χ4v) is 8.08. The summed E-state index contributed by atoms with van der Waals surface area (Å²) < 4.78 is 6.84. The lowest BCUT2D eigenvalue weighted by molar-refractivity contribution is -0.157. The summed E-state index contributed by atoms with van der Waals surface area (Å²) in [6.45, 7) is 12.3. The standard InChI is InChI=1S/C33H45N3O5/c1-5-19-34(21-24-13-9-7-10-14-24)29(38)26-27-30(39)36(23(3)22-37)28(33(27)18-17-32(26,4)41-33)31(40)35(20-6-2)25-15-11-8-12-16-25/h5-7,9-10,13-14,23,25-28,37H,1-2,8,11-12,15-22H2,3-4H3/t23-,26+,27+,28?,32-,33?/m1/s1. The molecule has 3 amide bonds. The van der Waals surface area contributed by atoms with E-state index in [1.54, 1.807) is 28.9 Å². The highest BCUT2D eigenvalue weighted by atomic mass is 16.5. The van der Waals surface area contributed by atoms with Gasteiger partial charge < -0.3 is 24.5 Å². The molecule has 6 atom stereocenters. The van der Waals surface area contributed by atoms with Crippen LogP contribution in [0, 0.1) is 11.8 Å². The summed E-state index contributed by atoms with van der Waals surface area (Å²) in [5, 5.41) is 10.2. The number of rotatable bonds is 11. The highest BCUT2D eigenvalue weighted by Crippen LogP contribution is 2.64. The molecule has 1 aromatic rings. The molecule has 2 unspecified atom stereocenters. The number of benzene rings is 1. The van der Waals surface area contributed by atoms with Gasteiger partial charge in [-0.1, -0.05) is 61.7 Å². The van der Waals surface area contributed by atoms with Crippen molar-refractivity contribution in [2.75, 3.05) is 19.7 Å². The third-order valence-electron chi connectivity index (χ3n) is 9.96. The van der Waals surface area contributed by atoms with E-state index in [1.165, 1.54) is 0 Å². The maximum atomic E-state index is 14.6. The van der Waals surface area contributed by atoms with Gasteiger partial charge in [0.05, 0.1) is 30.1 Å². The highest BCUT2D eigenvalue weighted by Gasteiger charge is 2.78. The molecular formula is C33H45N3O5. The summed E-state index contributed by atoms with van der Waals surface area (Å²) in [7, 11) is 0. The van der Waals surface area contributed by atoms with E-state index in [4.69, 9.17) is 4.74 Å². The lowest BCUT2D eigenvalue weighted by atomic mass is 9.66. The molecule has 2 bridgehead atoms. The molecular weight excluding hydrogens is 518 g/mol. The van der Waals surface area contributed by atoms with E-state index in [0.717, 1.165) is 37.7 Å². The second kappa shape index (κ2) is 11.7. The Bertz CT molecular complexity index is 1170. The number of fused-ring (bicyclic) bond motifs is 1. The molecule has 0 radical (unpaired) electrons. The minimum atomic E-state index is -1.12. The average Bonchev–Trinajstić information content (AvgIpc) is 3.56. The lowest BCUT2D eigenvalue weighted by Gasteiger charge is -2.42. The molecule has 1 spiro atoms. The van der Waals surface area contributed by atoms with Crippen LogP contribution in [0.1, 0.15) is 64.4 Å². The van der Waals surface area contributed by atoms with Crippen LogP contribution in [0.5, 0.6) is 0 Å². The summed E-state index contributed by atoms with van der Waals surface area (Å²) >= 11 is 0. The molecule has 8 nitrogen and oxygen atoms in total. The first-order chi connectivity index (χ1) is 19.7. The first-order valence-electron chi connectivity index (χ1n) is 15.2. The van der Waals surface area contributed by atoms with Crippen molar-refractivity contribution in [3.8, 4) is 0 Å². The van der Waals surface area contributed by atoms with Crippen molar-refractivity contribution in [2.45, 2.75) is 94.7 Å². The van der Waals surface area contributed by atoms with Crippen LogP contribution in [0.15, 0.2) is 55.6 Å². The molecule has 1 saturated carbocycles. The largest absolute Gasteiger partial charge is 0.394 e. The van der Waals surface area contributed by atoms with Gasteiger partial charge in [-0.05, 0) is 45.1 Å². The van der Waals surface area contributed by atoms with E-state index in [9.17, 15) is 19.5 Å². The zero-order valence-electron chi connectivity index (χ0n) is 24.5. The molecule has 41 heavy (non-hydrogen) atoms. The molecule has 0 aromatic heterocycles. The maximum Gasteiger partial charge on any atom is 0.248 e. The van der Waals surface area contributed by atoms with Crippen LogP contribution in [0.25, 0.3) is 0 Å². The molecule has 5 rings (SSSR count). The molecule has 3 aliphatic heterocycles. The number of hydrogen-bond donors (Lipinski definition) is 1.